The maximum absolute atomic E-state index is 10.6. The van der Waals surface area contributed by atoms with Crippen molar-refractivity contribution >= 4 is 6.29 Å². The zero-order valence-electron chi connectivity index (χ0n) is 8.14. The Morgan fingerprint density at radius 2 is 2.07 bits per heavy atom. The number of benzene rings is 1. The van der Waals surface area contributed by atoms with Crippen LogP contribution in [0.2, 0.25) is 0 Å². The van der Waals surface area contributed by atoms with Crippen molar-refractivity contribution in [2.24, 2.45) is 0 Å². The fourth-order valence-electron chi connectivity index (χ4n) is 1.22. The molecule has 0 saturated heterocycles. The lowest BCUT2D eigenvalue weighted by molar-refractivity contribution is -0.117. The van der Waals surface area contributed by atoms with E-state index in [9.17, 15) is 4.79 Å². The Balaban J connectivity index is 2.57. The first-order valence-corrected chi connectivity index (χ1v) is 4.61. The van der Waals surface area contributed by atoms with Gasteiger partial charge in [-0.05, 0) is 24.6 Å². The molecule has 1 aromatic rings. The summed E-state index contributed by atoms with van der Waals surface area (Å²) in [6.07, 6.45) is 0.970. The lowest BCUT2D eigenvalue weighted by atomic mass is 10.1. The zero-order chi connectivity index (χ0) is 10.4. The van der Waals surface area contributed by atoms with Gasteiger partial charge < -0.3 is 14.6 Å². The first-order valence-electron chi connectivity index (χ1n) is 4.61. The molecule has 0 aromatic heterocycles. The average Bonchev–Trinajstić information content (AvgIpc) is 2.20. The maximum Gasteiger partial charge on any atom is 0.149 e. The smallest absolute Gasteiger partial charge is 0.149 e. The van der Waals surface area contributed by atoms with Gasteiger partial charge in [-0.25, -0.2) is 0 Å². The Hall–Kier alpha value is -1.35. The van der Waals surface area contributed by atoms with Crippen LogP contribution in [0.1, 0.15) is 12.5 Å². The highest BCUT2D eigenvalue weighted by Gasteiger charge is 2.07. The van der Waals surface area contributed by atoms with Gasteiger partial charge in [-0.15, -0.1) is 0 Å². The second-order valence-electron chi connectivity index (χ2n) is 3.00. The Morgan fingerprint density at radius 1 is 1.43 bits per heavy atom. The van der Waals surface area contributed by atoms with E-state index >= 15 is 0 Å². The second kappa shape index (κ2) is 5.40. The van der Waals surface area contributed by atoms with Crippen LogP contribution in [0.3, 0.4) is 0 Å². The normalized spacial score (nSPS) is 12.4. The van der Waals surface area contributed by atoms with Crippen LogP contribution < -0.4 is 0 Å². The second-order valence-corrected chi connectivity index (χ2v) is 3.00. The van der Waals surface area contributed by atoms with Crippen LogP contribution in [-0.2, 0) is 16.0 Å². The number of aldehydes is 1. The summed E-state index contributed by atoms with van der Waals surface area (Å²) in [6.45, 7) is 2.38. The molecule has 1 unspecified atom stereocenters. The largest absolute Gasteiger partial charge is 0.508 e. The molecule has 0 aliphatic rings. The molecule has 0 radical (unpaired) electrons. The van der Waals surface area contributed by atoms with Crippen molar-refractivity contribution in [2.75, 3.05) is 6.61 Å². The minimum Gasteiger partial charge on any atom is -0.508 e. The molecule has 0 spiro atoms. The van der Waals surface area contributed by atoms with E-state index in [1.807, 2.05) is 6.92 Å². The number of carbonyl (C=O) groups excluding carboxylic acids is 1. The highest BCUT2D eigenvalue weighted by atomic mass is 16.5. The third kappa shape index (κ3) is 3.18. The number of phenols is 1. The minimum atomic E-state index is -0.385. The highest BCUT2D eigenvalue weighted by molar-refractivity contribution is 5.56. The van der Waals surface area contributed by atoms with Crippen molar-refractivity contribution in [3.8, 4) is 5.75 Å². The molecular formula is C11H14O3. The quantitative estimate of drug-likeness (QED) is 0.723. The summed E-state index contributed by atoms with van der Waals surface area (Å²) < 4.78 is 5.19. The van der Waals surface area contributed by atoms with Crippen molar-refractivity contribution in [2.45, 2.75) is 19.4 Å². The number of ether oxygens (including phenoxy) is 1. The molecule has 0 fully saturated rings. The Labute approximate surface area is 83.3 Å². The molecule has 0 aliphatic heterocycles. The van der Waals surface area contributed by atoms with Crippen LogP contribution in [-0.4, -0.2) is 24.1 Å². The zero-order valence-corrected chi connectivity index (χ0v) is 8.14. The van der Waals surface area contributed by atoms with Gasteiger partial charge >= 0.3 is 0 Å². The van der Waals surface area contributed by atoms with Gasteiger partial charge in [0, 0.05) is 13.0 Å². The molecule has 0 saturated carbocycles. The van der Waals surface area contributed by atoms with Crippen molar-refractivity contribution < 1.29 is 14.6 Å². The van der Waals surface area contributed by atoms with E-state index in [4.69, 9.17) is 9.84 Å². The van der Waals surface area contributed by atoms with Crippen LogP contribution in [0, 0.1) is 0 Å². The molecule has 0 heterocycles. The monoisotopic (exact) mass is 194 g/mol. The molecule has 3 heteroatoms. The molecule has 3 nitrogen and oxygen atoms in total. The summed E-state index contributed by atoms with van der Waals surface area (Å²) in [6, 6.07) is 6.77. The Bertz CT molecular complexity index is 279. The fourth-order valence-corrected chi connectivity index (χ4v) is 1.22. The third-order valence-electron chi connectivity index (χ3n) is 1.91. The van der Waals surface area contributed by atoms with Gasteiger partial charge in [-0.1, -0.05) is 12.1 Å². The van der Waals surface area contributed by atoms with Crippen LogP contribution in [0.25, 0.3) is 0 Å². The van der Waals surface area contributed by atoms with Crippen LogP contribution in [0.5, 0.6) is 5.75 Å². The van der Waals surface area contributed by atoms with Gasteiger partial charge in [0.2, 0.25) is 0 Å². The molecule has 0 bridgehead atoms. The van der Waals surface area contributed by atoms with Crippen molar-refractivity contribution in [3.05, 3.63) is 29.8 Å². The van der Waals surface area contributed by atoms with Crippen molar-refractivity contribution in [3.63, 3.8) is 0 Å². The summed E-state index contributed by atoms with van der Waals surface area (Å²) >= 11 is 0. The molecule has 14 heavy (non-hydrogen) atoms. The van der Waals surface area contributed by atoms with E-state index in [2.05, 4.69) is 0 Å². The number of hydrogen-bond acceptors (Lipinski definition) is 3. The first kappa shape index (κ1) is 10.7. The predicted molar refractivity (Wildman–Crippen MR) is 53.3 cm³/mol. The van der Waals surface area contributed by atoms with Gasteiger partial charge in [0.05, 0.1) is 0 Å². The molecule has 76 valence electrons. The number of rotatable bonds is 5. The summed E-state index contributed by atoms with van der Waals surface area (Å²) in [4.78, 5) is 10.6. The molecule has 1 rings (SSSR count). The van der Waals surface area contributed by atoms with Crippen molar-refractivity contribution in [1.29, 1.82) is 0 Å². The summed E-state index contributed by atoms with van der Waals surface area (Å²) in [7, 11) is 0. The molecule has 0 amide bonds. The molecule has 1 N–H and O–H groups in total. The van der Waals surface area contributed by atoms with Gasteiger partial charge in [0.1, 0.15) is 18.1 Å². The number of phenolic OH excluding ortho intramolecular Hbond substituents is 1. The molecule has 1 aromatic carbocycles. The van der Waals surface area contributed by atoms with Gasteiger partial charge in [-0.3, -0.25) is 0 Å². The van der Waals surface area contributed by atoms with E-state index in [-0.39, 0.29) is 11.9 Å². The van der Waals surface area contributed by atoms with E-state index in [0.717, 1.165) is 11.8 Å². The molecular weight excluding hydrogens is 180 g/mol. The first-order chi connectivity index (χ1) is 6.76. The van der Waals surface area contributed by atoms with Gasteiger partial charge in [0.15, 0.2) is 0 Å². The van der Waals surface area contributed by atoms with Gasteiger partial charge in [-0.2, -0.15) is 0 Å². The number of carbonyl (C=O) groups is 1. The fraction of sp³-hybridized carbons (Fsp3) is 0.364. The lowest BCUT2D eigenvalue weighted by Crippen LogP contribution is -2.17. The lowest BCUT2D eigenvalue weighted by Gasteiger charge is -2.09. The van der Waals surface area contributed by atoms with E-state index in [1.54, 1.807) is 24.3 Å². The third-order valence-corrected chi connectivity index (χ3v) is 1.91. The predicted octanol–water partition coefficient (Wildman–Crippen LogP) is 1.54. The van der Waals surface area contributed by atoms with E-state index in [0.29, 0.717) is 13.0 Å². The standard InChI is InChI=1S/C11H14O3/c1-2-14-11(8-12)7-9-3-5-10(13)6-4-9/h3-6,8,11,13H,2,7H2,1H3. The molecule has 0 aliphatic carbocycles. The van der Waals surface area contributed by atoms with Crippen LogP contribution in [0.4, 0.5) is 0 Å². The summed E-state index contributed by atoms with van der Waals surface area (Å²) in [5.74, 6) is 0.229. The van der Waals surface area contributed by atoms with Gasteiger partial charge in [0.25, 0.3) is 0 Å². The maximum atomic E-state index is 10.6. The van der Waals surface area contributed by atoms with Crippen LogP contribution in [0.15, 0.2) is 24.3 Å². The van der Waals surface area contributed by atoms with Crippen LogP contribution >= 0.6 is 0 Å². The Morgan fingerprint density at radius 3 is 2.57 bits per heavy atom. The number of hydrogen-bond donors (Lipinski definition) is 1. The number of aromatic hydroxyl groups is 1. The molecule has 1 atom stereocenters. The summed E-state index contributed by atoms with van der Waals surface area (Å²) in [5, 5.41) is 9.05. The Kier molecular flexibility index (Phi) is 4.13. The topological polar surface area (TPSA) is 46.5 Å². The summed E-state index contributed by atoms with van der Waals surface area (Å²) in [5.41, 5.74) is 0.980. The SMILES string of the molecule is CCOC(C=O)Cc1ccc(O)cc1. The highest BCUT2D eigenvalue weighted by Crippen LogP contribution is 2.11. The van der Waals surface area contributed by atoms with E-state index < -0.39 is 0 Å². The van der Waals surface area contributed by atoms with E-state index in [1.165, 1.54) is 0 Å². The minimum absolute atomic E-state index is 0.229. The average molecular weight is 194 g/mol. The van der Waals surface area contributed by atoms with Crippen molar-refractivity contribution in [1.82, 2.24) is 0 Å².